The first-order valence-electron chi connectivity index (χ1n) is 7.86. The van der Waals surface area contributed by atoms with Gasteiger partial charge in [-0.15, -0.1) is 0 Å². The Hall–Kier alpha value is -3.68. The molecule has 0 unspecified atom stereocenters. The van der Waals surface area contributed by atoms with Crippen LogP contribution in [0.15, 0.2) is 67.2 Å². The number of nitrogens with zero attached hydrogens (tertiary/aromatic N) is 4. The van der Waals surface area contributed by atoms with Crippen molar-refractivity contribution in [3.63, 3.8) is 0 Å². The lowest BCUT2D eigenvalue weighted by Crippen LogP contribution is -2.17. The maximum absolute atomic E-state index is 12.2. The van der Waals surface area contributed by atoms with Crippen LogP contribution in [0.25, 0.3) is 23.0 Å². The summed E-state index contributed by atoms with van der Waals surface area (Å²) < 4.78 is 12.1. The van der Waals surface area contributed by atoms with Gasteiger partial charge >= 0.3 is 11.5 Å². The van der Waals surface area contributed by atoms with Crippen molar-refractivity contribution >= 4 is 0 Å². The Morgan fingerprint density at radius 3 is 1.35 bits per heavy atom. The van der Waals surface area contributed by atoms with E-state index >= 15 is 0 Å². The molecule has 0 spiro atoms. The molecule has 4 aromatic rings. The molecule has 0 aliphatic heterocycles. The number of hydrogen-bond acceptors (Lipinski definition) is 6. The lowest BCUT2D eigenvalue weighted by atomic mass is 10.2. The maximum atomic E-state index is 12.2. The molecule has 0 bridgehead atoms. The standard InChI is InChI=1S/C18H14N4O4/c1-11-3-7-13(8-4-11)21-15(19-25-17(21)23)16-20-26-18(24)22(16)14-9-5-12(2)6-10-14/h3-10H,1-2H3. The number of rotatable bonds is 3. The van der Waals surface area contributed by atoms with E-state index in [9.17, 15) is 9.59 Å². The van der Waals surface area contributed by atoms with Crippen molar-refractivity contribution in [3.05, 3.63) is 80.8 Å². The summed E-state index contributed by atoms with van der Waals surface area (Å²) in [6, 6.07) is 14.4. The Bertz CT molecular complexity index is 1080. The molecule has 130 valence electrons. The monoisotopic (exact) mass is 350 g/mol. The molecule has 0 radical (unpaired) electrons. The Morgan fingerprint density at radius 2 is 1.00 bits per heavy atom. The van der Waals surface area contributed by atoms with Crippen LogP contribution in [0.4, 0.5) is 0 Å². The molecule has 26 heavy (non-hydrogen) atoms. The van der Waals surface area contributed by atoms with Gasteiger partial charge in [0.25, 0.3) is 0 Å². The van der Waals surface area contributed by atoms with Gasteiger partial charge < -0.3 is 0 Å². The van der Waals surface area contributed by atoms with Gasteiger partial charge in [-0.2, -0.15) is 0 Å². The van der Waals surface area contributed by atoms with Crippen molar-refractivity contribution in [2.45, 2.75) is 13.8 Å². The van der Waals surface area contributed by atoms with Gasteiger partial charge in [-0.25, -0.2) is 18.7 Å². The summed E-state index contributed by atoms with van der Waals surface area (Å²) in [6.45, 7) is 3.88. The molecule has 0 aliphatic rings. The van der Waals surface area contributed by atoms with E-state index in [1.165, 1.54) is 9.13 Å². The average molecular weight is 350 g/mol. The van der Waals surface area contributed by atoms with Gasteiger partial charge in [-0.3, -0.25) is 9.05 Å². The maximum Gasteiger partial charge on any atom is 0.446 e. The van der Waals surface area contributed by atoms with Crippen LogP contribution in [-0.2, 0) is 0 Å². The molecule has 8 nitrogen and oxygen atoms in total. The second kappa shape index (κ2) is 5.99. The molecule has 0 saturated carbocycles. The minimum absolute atomic E-state index is 0.0743. The van der Waals surface area contributed by atoms with Crippen LogP contribution in [0.1, 0.15) is 11.1 Å². The molecule has 2 aromatic heterocycles. The number of aryl methyl sites for hydroxylation is 2. The van der Waals surface area contributed by atoms with E-state index in [1.807, 2.05) is 38.1 Å². The van der Waals surface area contributed by atoms with E-state index in [0.29, 0.717) is 11.4 Å². The summed E-state index contributed by atoms with van der Waals surface area (Å²) in [7, 11) is 0. The molecule has 2 heterocycles. The quantitative estimate of drug-likeness (QED) is 0.562. The molecule has 0 N–H and O–H groups in total. The van der Waals surface area contributed by atoms with Gasteiger partial charge in [0.05, 0.1) is 11.4 Å². The molecule has 0 aliphatic carbocycles. The van der Waals surface area contributed by atoms with Crippen LogP contribution in [0, 0.1) is 13.8 Å². The molecular formula is C18H14N4O4. The van der Waals surface area contributed by atoms with Gasteiger partial charge in [-0.1, -0.05) is 45.7 Å². The first-order chi connectivity index (χ1) is 12.5. The zero-order valence-electron chi connectivity index (χ0n) is 14.0. The Labute approximate surface area is 146 Å². The van der Waals surface area contributed by atoms with Gasteiger partial charge in [-0.05, 0) is 38.1 Å². The molecule has 0 amide bonds. The van der Waals surface area contributed by atoms with Gasteiger partial charge in [0, 0.05) is 0 Å². The highest BCUT2D eigenvalue weighted by molar-refractivity contribution is 5.52. The third-order valence-corrected chi connectivity index (χ3v) is 3.99. The van der Waals surface area contributed by atoms with E-state index in [2.05, 4.69) is 10.3 Å². The van der Waals surface area contributed by atoms with Crippen molar-refractivity contribution < 1.29 is 9.05 Å². The van der Waals surface area contributed by atoms with E-state index in [0.717, 1.165) is 11.1 Å². The average Bonchev–Trinajstić information content (AvgIpc) is 3.19. The summed E-state index contributed by atoms with van der Waals surface area (Å²) in [5, 5.41) is 7.59. The molecule has 0 atom stereocenters. The summed E-state index contributed by atoms with van der Waals surface area (Å²) in [6.07, 6.45) is 0. The summed E-state index contributed by atoms with van der Waals surface area (Å²) in [5.74, 6) is -1.22. The van der Waals surface area contributed by atoms with E-state index in [4.69, 9.17) is 9.05 Å². The Kier molecular flexibility index (Phi) is 3.65. The van der Waals surface area contributed by atoms with Crippen molar-refractivity contribution in [2.24, 2.45) is 0 Å². The Balaban J connectivity index is 1.94. The molecular weight excluding hydrogens is 336 g/mol. The first-order valence-corrected chi connectivity index (χ1v) is 7.86. The summed E-state index contributed by atoms with van der Waals surface area (Å²) >= 11 is 0. The minimum Gasteiger partial charge on any atom is -0.295 e. The predicted molar refractivity (Wildman–Crippen MR) is 92.7 cm³/mol. The third kappa shape index (κ3) is 2.57. The zero-order chi connectivity index (χ0) is 18.3. The van der Waals surface area contributed by atoms with Gasteiger partial charge in [0.1, 0.15) is 0 Å². The highest BCUT2D eigenvalue weighted by Gasteiger charge is 2.23. The second-order valence-corrected chi connectivity index (χ2v) is 5.89. The molecule has 8 heteroatoms. The SMILES string of the molecule is Cc1ccc(-n2c(-c3noc(=O)n3-c3ccc(C)cc3)noc2=O)cc1. The molecule has 4 rings (SSSR count). The largest absolute Gasteiger partial charge is 0.446 e. The number of aromatic nitrogens is 4. The van der Waals surface area contributed by atoms with E-state index < -0.39 is 11.5 Å². The fourth-order valence-electron chi connectivity index (χ4n) is 2.63. The van der Waals surface area contributed by atoms with Crippen LogP contribution in [0.2, 0.25) is 0 Å². The lowest BCUT2D eigenvalue weighted by molar-refractivity contribution is 0.378. The highest BCUT2D eigenvalue weighted by atomic mass is 16.5. The van der Waals surface area contributed by atoms with Gasteiger partial charge in [0.2, 0.25) is 11.6 Å². The van der Waals surface area contributed by atoms with Crippen molar-refractivity contribution in [3.8, 4) is 23.0 Å². The second-order valence-electron chi connectivity index (χ2n) is 5.89. The first kappa shape index (κ1) is 15.8. The third-order valence-electron chi connectivity index (χ3n) is 3.99. The smallest absolute Gasteiger partial charge is 0.295 e. The van der Waals surface area contributed by atoms with E-state index in [-0.39, 0.29) is 11.6 Å². The van der Waals surface area contributed by atoms with Gasteiger partial charge in [0.15, 0.2) is 0 Å². The number of hydrogen-bond donors (Lipinski definition) is 0. The molecule has 0 fully saturated rings. The van der Waals surface area contributed by atoms with Crippen LogP contribution >= 0.6 is 0 Å². The van der Waals surface area contributed by atoms with Crippen molar-refractivity contribution in [1.82, 2.24) is 19.4 Å². The van der Waals surface area contributed by atoms with Crippen LogP contribution < -0.4 is 11.5 Å². The Morgan fingerprint density at radius 1 is 0.654 bits per heavy atom. The number of benzene rings is 2. The fourth-order valence-corrected chi connectivity index (χ4v) is 2.63. The zero-order valence-corrected chi connectivity index (χ0v) is 14.0. The lowest BCUT2D eigenvalue weighted by Gasteiger charge is -2.06. The highest BCUT2D eigenvalue weighted by Crippen LogP contribution is 2.20. The minimum atomic E-state index is -0.685. The fraction of sp³-hybridized carbons (Fsp3) is 0.111. The van der Waals surface area contributed by atoms with Crippen LogP contribution in [0.3, 0.4) is 0 Å². The van der Waals surface area contributed by atoms with E-state index in [1.54, 1.807) is 24.3 Å². The predicted octanol–water partition coefficient (Wildman–Crippen LogP) is 2.25. The van der Waals surface area contributed by atoms with Crippen molar-refractivity contribution in [2.75, 3.05) is 0 Å². The topological polar surface area (TPSA) is 96.1 Å². The summed E-state index contributed by atoms with van der Waals surface area (Å²) in [5.41, 5.74) is 3.17. The van der Waals surface area contributed by atoms with Crippen LogP contribution in [-0.4, -0.2) is 19.4 Å². The summed E-state index contributed by atoms with van der Waals surface area (Å²) in [4.78, 5) is 24.4. The van der Waals surface area contributed by atoms with Crippen molar-refractivity contribution in [1.29, 1.82) is 0 Å². The molecule has 0 saturated heterocycles. The molecule has 2 aromatic carbocycles. The van der Waals surface area contributed by atoms with Crippen LogP contribution in [0.5, 0.6) is 0 Å². The normalized spacial score (nSPS) is 11.0.